The second-order valence-electron chi connectivity index (χ2n) is 4.20. The van der Waals surface area contributed by atoms with Crippen LogP contribution in [0.2, 0.25) is 0 Å². The summed E-state index contributed by atoms with van der Waals surface area (Å²) in [6, 6.07) is 5.44. The molecule has 0 bridgehead atoms. The smallest absolute Gasteiger partial charge is 0.0412 e. The van der Waals surface area contributed by atoms with Crippen molar-refractivity contribution in [3.63, 3.8) is 0 Å². The zero-order chi connectivity index (χ0) is 11.3. The Labute approximate surface area is 97.3 Å². The van der Waals surface area contributed by atoms with Gasteiger partial charge in [-0.25, -0.2) is 0 Å². The van der Waals surface area contributed by atoms with Gasteiger partial charge in [0.2, 0.25) is 0 Å². The highest BCUT2D eigenvalue weighted by atomic mass is 32.1. The van der Waals surface area contributed by atoms with Crippen LogP contribution in [0, 0.1) is 0 Å². The number of hydrogen-bond acceptors (Lipinski definition) is 3. The first kappa shape index (κ1) is 12.7. The van der Waals surface area contributed by atoms with Gasteiger partial charge in [-0.15, -0.1) is 11.3 Å². The predicted octanol–water partition coefficient (Wildman–Crippen LogP) is 2.74. The summed E-state index contributed by atoms with van der Waals surface area (Å²) in [7, 11) is 4.25. The van der Waals surface area contributed by atoms with Crippen molar-refractivity contribution in [1.82, 2.24) is 10.2 Å². The second-order valence-corrected chi connectivity index (χ2v) is 5.18. The molecule has 0 aliphatic heterocycles. The number of hydrogen-bond donors (Lipinski definition) is 1. The van der Waals surface area contributed by atoms with E-state index in [1.807, 2.05) is 11.3 Å². The quantitative estimate of drug-likeness (QED) is 0.802. The number of nitrogens with one attached hydrogen (secondary N) is 1. The van der Waals surface area contributed by atoms with E-state index in [0.717, 1.165) is 13.0 Å². The van der Waals surface area contributed by atoms with Crippen LogP contribution in [0.4, 0.5) is 0 Å². The van der Waals surface area contributed by atoms with Crippen molar-refractivity contribution >= 4 is 11.3 Å². The molecule has 2 nitrogen and oxygen atoms in total. The van der Waals surface area contributed by atoms with Crippen molar-refractivity contribution in [2.45, 2.75) is 32.4 Å². The lowest BCUT2D eigenvalue weighted by Crippen LogP contribution is -2.36. The largest absolute Gasteiger partial charge is 0.308 e. The van der Waals surface area contributed by atoms with E-state index in [1.165, 1.54) is 4.88 Å². The molecule has 1 aromatic heterocycles. The molecule has 0 saturated carbocycles. The van der Waals surface area contributed by atoms with Gasteiger partial charge in [0.25, 0.3) is 0 Å². The van der Waals surface area contributed by atoms with Gasteiger partial charge in [0.15, 0.2) is 0 Å². The SMILES string of the molecule is CCC(NCC(C)N(C)C)c1cccs1. The lowest BCUT2D eigenvalue weighted by Gasteiger charge is -2.23. The van der Waals surface area contributed by atoms with Crippen molar-refractivity contribution in [3.05, 3.63) is 22.4 Å². The van der Waals surface area contributed by atoms with Crippen LogP contribution < -0.4 is 5.32 Å². The number of rotatable bonds is 6. The van der Waals surface area contributed by atoms with E-state index >= 15 is 0 Å². The third-order valence-electron chi connectivity index (χ3n) is 2.84. The van der Waals surface area contributed by atoms with Gasteiger partial charge in [0, 0.05) is 23.5 Å². The van der Waals surface area contributed by atoms with Gasteiger partial charge in [-0.3, -0.25) is 0 Å². The highest BCUT2D eigenvalue weighted by Gasteiger charge is 2.11. The van der Waals surface area contributed by atoms with E-state index in [0.29, 0.717) is 12.1 Å². The van der Waals surface area contributed by atoms with Crippen LogP contribution in [0.15, 0.2) is 17.5 Å². The molecular weight excluding hydrogens is 204 g/mol. The Balaban J connectivity index is 2.42. The highest BCUT2D eigenvalue weighted by molar-refractivity contribution is 7.10. The van der Waals surface area contributed by atoms with Gasteiger partial charge >= 0.3 is 0 Å². The number of thiophene rings is 1. The third-order valence-corrected chi connectivity index (χ3v) is 3.82. The maximum absolute atomic E-state index is 3.62. The molecule has 1 aromatic rings. The summed E-state index contributed by atoms with van der Waals surface area (Å²) in [4.78, 5) is 3.69. The zero-order valence-electron chi connectivity index (χ0n) is 10.2. The Kier molecular flexibility index (Phi) is 5.29. The maximum Gasteiger partial charge on any atom is 0.0412 e. The van der Waals surface area contributed by atoms with Crippen LogP contribution in [-0.4, -0.2) is 31.6 Å². The fourth-order valence-corrected chi connectivity index (χ4v) is 2.32. The average molecular weight is 226 g/mol. The van der Waals surface area contributed by atoms with Gasteiger partial charge in [0.05, 0.1) is 0 Å². The van der Waals surface area contributed by atoms with Crippen LogP contribution in [-0.2, 0) is 0 Å². The van der Waals surface area contributed by atoms with Crippen LogP contribution in [0.25, 0.3) is 0 Å². The molecule has 0 spiro atoms. The molecule has 0 radical (unpaired) electrons. The summed E-state index contributed by atoms with van der Waals surface area (Å²) >= 11 is 1.84. The topological polar surface area (TPSA) is 15.3 Å². The van der Waals surface area contributed by atoms with E-state index in [9.17, 15) is 0 Å². The van der Waals surface area contributed by atoms with Crippen molar-refractivity contribution < 1.29 is 0 Å². The summed E-state index contributed by atoms with van der Waals surface area (Å²) in [6.45, 7) is 5.52. The molecule has 2 atom stereocenters. The first-order valence-corrected chi connectivity index (χ1v) is 6.46. The van der Waals surface area contributed by atoms with Crippen LogP contribution in [0.3, 0.4) is 0 Å². The van der Waals surface area contributed by atoms with Crippen molar-refractivity contribution in [1.29, 1.82) is 0 Å². The van der Waals surface area contributed by atoms with Crippen molar-refractivity contribution in [2.75, 3.05) is 20.6 Å². The first-order valence-electron chi connectivity index (χ1n) is 5.58. The zero-order valence-corrected chi connectivity index (χ0v) is 11.0. The molecule has 0 amide bonds. The molecule has 0 saturated heterocycles. The van der Waals surface area contributed by atoms with E-state index < -0.39 is 0 Å². The Bertz CT molecular complexity index is 257. The minimum Gasteiger partial charge on any atom is -0.308 e. The van der Waals surface area contributed by atoms with Crippen LogP contribution in [0.1, 0.15) is 31.2 Å². The Hall–Kier alpha value is -0.380. The Morgan fingerprint density at radius 2 is 2.20 bits per heavy atom. The Morgan fingerprint density at radius 3 is 2.67 bits per heavy atom. The fourth-order valence-electron chi connectivity index (χ4n) is 1.43. The summed E-state index contributed by atoms with van der Waals surface area (Å²) in [5, 5.41) is 5.77. The average Bonchev–Trinajstić information content (AvgIpc) is 2.71. The molecule has 0 fully saturated rings. The molecule has 1 heterocycles. The molecule has 0 aliphatic carbocycles. The van der Waals surface area contributed by atoms with Crippen LogP contribution >= 0.6 is 11.3 Å². The summed E-state index contributed by atoms with van der Waals surface area (Å²) in [5.74, 6) is 0. The number of likely N-dealkylation sites (N-methyl/N-ethyl adjacent to an activating group) is 1. The summed E-state index contributed by atoms with van der Waals surface area (Å²) < 4.78 is 0. The standard InChI is InChI=1S/C12H22N2S/c1-5-11(12-7-6-8-15-12)13-9-10(2)14(3)4/h6-8,10-11,13H,5,9H2,1-4H3. The molecule has 1 rings (SSSR count). The lowest BCUT2D eigenvalue weighted by molar-refractivity contribution is 0.292. The summed E-state index contributed by atoms with van der Waals surface area (Å²) in [5.41, 5.74) is 0. The fraction of sp³-hybridized carbons (Fsp3) is 0.667. The minimum atomic E-state index is 0.521. The van der Waals surface area contributed by atoms with Crippen molar-refractivity contribution in [2.24, 2.45) is 0 Å². The number of nitrogens with zero attached hydrogens (tertiary/aromatic N) is 1. The highest BCUT2D eigenvalue weighted by Crippen LogP contribution is 2.21. The molecule has 1 N–H and O–H groups in total. The Morgan fingerprint density at radius 1 is 1.47 bits per heavy atom. The minimum absolute atomic E-state index is 0.521. The summed E-state index contributed by atoms with van der Waals surface area (Å²) in [6.07, 6.45) is 1.15. The molecule has 2 unspecified atom stereocenters. The van der Waals surface area contributed by atoms with Gasteiger partial charge in [-0.2, -0.15) is 0 Å². The van der Waals surface area contributed by atoms with Crippen molar-refractivity contribution in [3.8, 4) is 0 Å². The first-order chi connectivity index (χ1) is 7.15. The van der Waals surface area contributed by atoms with Crippen LogP contribution in [0.5, 0.6) is 0 Å². The van der Waals surface area contributed by atoms with Gasteiger partial charge < -0.3 is 10.2 Å². The van der Waals surface area contributed by atoms with Gasteiger partial charge in [0.1, 0.15) is 0 Å². The van der Waals surface area contributed by atoms with Gasteiger partial charge in [-0.1, -0.05) is 13.0 Å². The molecule has 0 aliphatic rings. The molecule has 0 aromatic carbocycles. The normalized spacial score (nSPS) is 15.5. The molecule has 3 heteroatoms. The molecular formula is C12H22N2S. The third kappa shape index (κ3) is 3.93. The van der Waals surface area contributed by atoms with E-state index in [-0.39, 0.29) is 0 Å². The monoisotopic (exact) mass is 226 g/mol. The van der Waals surface area contributed by atoms with Gasteiger partial charge in [-0.05, 0) is 38.9 Å². The molecule has 15 heavy (non-hydrogen) atoms. The van der Waals surface area contributed by atoms with E-state index in [1.54, 1.807) is 0 Å². The van der Waals surface area contributed by atoms with E-state index in [4.69, 9.17) is 0 Å². The molecule has 86 valence electrons. The predicted molar refractivity (Wildman–Crippen MR) is 68.5 cm³/mol. The lowest BCUT2D eigenvalue weighted by atomic mass is 10.1. The second kappa shape index (κ2) is 6.26. The maximum atomic E-state index is 3.62. The van der Waals surface area contributed by atoms with E-state index in [2.05, 4.69) is 55.7 Å².